The van der Waals surface area contributed by atoms with Gasteiger partial charge in [0, 0.05) is 16.7 Å². The van der Waals surface area contributed by atoms with Gasteiger partial charge in [-0.2, -0.15) is 0 Å². The number of aliphatic hydroxyl groups excluding tert-OH is 2. The lowest BCUT2D eigenvalue weighted by atomic mass is 10.1. The van der Waals surface area contributed by atoms with Gasteiger partial charge in [-0.05, 0) is 18.2 Å². The first-order valence-electron chi connectivity index (χ1n) is 4.99. The minimum atomic E-state index is -0.871. The van der Waals surface area contributed by atoms with E-state index >= 15 is 0 Å². The third kappa shape index (κ3) is 3.99. The number of nitrogens with one attached hydrogen (secondary N) is 1. The number of halogens is 1. The van der Waals surface area contributed by atoms with E-state index in [4.69, 9.17) is 5.11 Å². The molecule has 0 aliphatic heterocycles. The van der Waals surface area contributed by atoms with Crippen molar-refractivity contribution in [2.75, 3.05) is 25.6 Å². The maximum atomic E-state index is 11.5. The molecule has 0 aliphatic rings. The van der Waals surface area contributed by atoms with Gasteiger partial charge in [-0.15, -0.1) is 0 Å². The lowest BCUT2D eigenvalue weighted by Crippen LogP contribution is -2.23. The number of benzene rings is 1. The molecule has 17 heavy (non-hydrogen) atoms. The molecule has 1 aromatic rings. The number of hydrogen-bond acceptors (Lipinski definition) is 5. The Kier molecular flexibility index (Phi) is 5.40. The van der Waals surface area contributed by atoms with Crippen molar-refractivity contribution >= 4 is 27.6 Å². The van der Waals surface area contributed by atoms with Crippen LogP contribution >= 0.6 is 15.9 Å². The highest BCUT2D eigenvalue weighted by Crippen LogP contribution is 2.21. The first kappa shape index (κ1) is 14.0. The summed E-state index contributed by atoms with van der Waals surface area (Å²) in [6, 6.07) is 5.08. The topological polar surface area (TPSA) is 78.8 Å². The van der Waals surface area contributed by atoms with Gasteiger partial charge in [0.05, 0.1) is 25.4 Å². The SMILES string of the molecule is COC(=O)c1cc(Br)ccc1NCC(O)CO. The third-order valence-corrected chi connectivity index (χ3v) is 2.62. The summed E-state index contributed by atoms with van der Waals surface area (Å²) < 4.78 is 5.41. The molecule has 0 aliphatic carbocycles. The number of rotatable bonds is 5. The summed E-state index contributed by atoms with van der Waals surface area (Å²) in [7, 11) is 1.30. The predicted octanol–water partition coefficient (Wildman–Crippen LogP) is 1.00. The van der Waals surface area contributed by atoms with Gasteiger partial charge in [0.2, 0.25) is 0 Å². The van der Waals surface area contributed by atoms with Crippen LogP contribution in [0.3, 0.4) is 0 Å². The second kappa shape index (κ2) is 6.58. The van der Waals surface area contributed by atoms with E-state index in [-0.39, 0.29) is 13.2 Å². The largest absolute Gasteiger partial charge is 0.465 e. The molecule has 0 aromatic heterocycles. The second-order valence-electron chi connectivity index (χ2n) is 3.40. The average Bonchev–Trinajstić information content (AvgIpc) is 2.35. The van der Waals surface area contributed by atoms with Gasteiger partial charge in [-0.3, -0.25) is 0 Å². The first-order valence-corrected chi connectivity index (χ1v) is 5.78. The number of esters is 1. The van der Waals surface area contributed by atoms with Crippen LogP contribution in [0.5, 0.6) is 0 Å². The summed E-state index contributed by atoms with van der Waals surface area (Å²) >= 11 is 3.26. The van der Waals surface area contributed by atoms with Crippen LogP contribution in [-0.4, -0.2) is 42.5 Å². The first-order chi connectivity index (χ1) is 8.08. The summed E-state index contributed by atoms with van der Waals surface area (Å²) in [5.74, 6) is -0.465. The highest BCUT2D eigenvalue weighted by molar-refractivity contribution is 9.10. The molecule has 3 N–H and O–H groups in total. The highest BCUT2D eigenvalue weighted by Gasteiger charge is 2.13. The Hall–Kier alpha value is -1.11. The van der Waals surface area contributed by atoms with Crippen molar-refractivity contribution < 1.29 is 19.7 Å². The summed E-state index contributed by atoms with van der Waals surface area (Å²) in [5.41, 5.74) is 0.916. The molecule has 1 rings (SSSR count). The van der Waals surface area contributed by atoms with Crippen molar-refractivity contribution in [3.63, 3.8) is 0 Å². The molecular weight excluding hydrogens is 290 g/mol. The minimum Gasteiger partial charge on any atom is -0.465 e. The molecular formula is C11H14BrNO4. The zero-order valence-electron chi connectivity index (χ0n) is 9.31. The molecule has 0 saturated carbocycles. The van der Waals surface area contributed by atoms with Crippen molar-refractivity contribution in [1.29, 1.82) is 0 Å². The average molecular weight is 304 g/mol. The Labute approximate surface area is 108 Å². The van der Waals surface area contributed by atoms with E-state index in [2.05, 4.69) is 26.0 Å². The highest BCUT2D eigenvalue weighted by atomic mass is 79.9. The lowest BCUT2D eigenvalue weighted by molar-refractivity contribution is 0.0601. The standard InChI is InChI=1S/C11H14BrNO4/c1-17-11(16)9-4-7(12)2-3-10(9)13-5-8(15)6-14/h2-4,8,13-15H,5-6H2,1H3. The van der Waals surface area contributed by atoms with Crippen molar-refractivity contribution in [3.8, 4) is 0 Å². The second-order valence-corrected chi connectivity index (χ2v) is 4.31. The minimum absolute atomic E-state index is 0.155. The van der Waals surface area contributed by atoms with E-state index in [0.717, 1.165) is 4.47 Å². The van der Waals surface area contributed by atoms with Crippen LogP contribution in [0.1, 0.15) is 10.4 Å². The van der Waals surface area contributed by atoms with Gasteiger partial charge < -0.3 is 20.3 Å². The van der Waals surface area contributed by atoms with E-state index in [0.29, 0.717) is 11.3 Å². The fourth-order valence-corrected chi connectivity index (χ4v) is 1.60. The molecule has 6 heteroatoms. The van der Waals surface area contributed by atoms with Crippen LogP contribution in [0.4, 0.5) is 5.69 Å². The zero-order valence-corrected chi connectivity index (χ0v) is 10.9. The molecule has 0 fully saturated rings. The molecule has 0 heterocycles. The quantitative estimate of drug-likeness (QED) is 0.707. The van der Waals surface area contributed by atoms with E-state index in [1.165, 1.54) is 7.11 Å². The van der Waals surface area contributed by atoms with Crippen LogP contribution < -0.4 is 5.32 Å². The molecule has 1 aromatic carbocycles. The van der Waals surface area contributed by atoms with Gasteiger partial charge >= 0.3 is 5.97 Å². The van der Waals surface area contributed by atoms with E-state index in [1.807, 2.05) is 0 Å². The van der Waals surface area contributed by atoms with Gasteiger partial charge in [0.15, 0.2) is 0 Å². The number of ether oxygens (including phenoxy) is 1. The fourth-order valence-electron chi connectivity index (χ4n) is 1.24. The summed E-state index contributed by atoms with van der Waals surface area (Å²) in [4.78, 5) is 11.5. The van der Waals surface area contributed by atoms with Crippen molar-refractivity contribution in [1.82, 2.24) is 0 Å². The van der Waals surface area contributed by atoms with Crippen LogP contribution in [-0.2, 0) is 4.74 Å². The van der Waals surface area contributed by atoms with E-state index in [9.17, 15) is 9.90 Å². The predicted molar refractivity (Wildman–Crippen MR) is 67.1 cm³/mol. The number of methoxy groups -OCH3 is 1. The van der Waals surface area contributed by atoms with Crippen LogP contribution in [0.2, 0.25) is 0 Å². The maximum Gasteiger partial charge on any atom is 0.340 e. The third-order valence-electron chi connectivity index (χ3n) is 2.13. The van der Waals surface area contributed by atoms with Gasteiger partial charge in [-0.1, -0.05) is 15.9 Å². The Bertz CT molecular complexity index is 397. The normalized spacial score (nSPS) is 12.0. The maximum absolute atomic E-state index is 11.5. The Morgan fingerprint density at radius 1 is 1.59 bits per heavy atom. The number of carbonyl (C=O) groups excluding carboxylic acids is 1. The Morgan fingerprint density at radius 3 is 2.88 bits per heavy atom. The fraction of sp³-hybridized carbons (Fsp3) is 0.364. The molecule has 94 valence electrons. The van der Waals surface area contributed by atoms with Crippen molar-refractivity contribution in [3.05, 3.63) is 28.2 Å². The molecule has 0 amide bonds. The molecule has 0 saturated heterocycles. The van der Waals surface area contributed by atoms with Crippen molar-refractivity contribution in [2.24, 2.45) is 0 Å². The molecule has 1 atom stereocenters. The van der Waals surface area contributed by atoms with E-state index in [1.54, 1.807) is 18.2 Å². The van der Waals surface area contributed by atoms with Crippen molar-refractivity contribution in [2.45, 2.75) is 6.10 Å². The smallest absolute Gasteiger partial charge is 0.340 e. The Balaban J connectivity index is 2.86. The summed E-state index contributed by atoms with van der Waals surface area (Å²) in [5, 5.41) is 20.8. The van der Waals surface area contributed by atoms with Crippen LogP contribution in [0.15, 0.2) is 22.7 Å². The molecule has 0 bridgehead atoms. The summed E-state index contributed by atoms with van der Waals surface area (Å²) in [6.45, 7) is -0.181. The van der Waals surface area contributed by atoms with E-state index < -0.39 is 12.1 Å². The molecule has 0 spiro atoms. The zero-order chi connectivity index (χ0) is 12.8. The number of anilines is 1. The molecule has 1 unspecified atom stereocenters. The monoisotopic (exact) mass is 303 g/mol. The number of hydrogen-bond donors (Lipinski definition) is 3. The van der Waals surface area contributed by atoms with Crippen LogP contribution in [0, 0.1) is 0 Å². The Morgan fingerprint density at radius 2 is 2.29 bits per heavy atom. The molecule has 5 nitrogen and oxygen atoms in total. The molecule has 0 radical (unpaired) electrons. The van der Waals surface area contributed by atoms with Crippen LogP contribution in [0.25, 0.3) is 0 Å². The number of aliphatic hydroxyl groups is 2. The van der Waals surface area contributed by atoms with Gasteiger partial charge in [0.1, 0.15) is 0 Å². The lowest BCUT2D eigenvalue weighted by Gasteiger charge is -2.13. The number of carbonyl (C=O) groups is 1. The van der Waals surface area contributed by atoms with Gasteiger partial charge in [-0.25, -0.2) is 4.79 Å². The summed E-state index contributed by atoms with van der Waals surface area (Å²) in [6.07, 6.45) is -0.871. The van der Waals surface area contributed by atoms with Gasteiger partial charge in [0.25, 0.3) is 0 Å².